The third kappa shape index (κ3) is 5.88. The van der Waals surface area contributed by atoms with Gasteiger partial charge in [0.25, 0.3) is 0 Å². The van der Waals surface area contributed by atoms with Crippen molar-refractivity contribution in [2.24, 2.45) is 0 Å². The highest BCUT2D eigenvalue weighted by Gasteiger charge is 2.10. The van der Waals surface area contributed by atoms with Gasteiger partial charge in [0.1, 0.15) is 5.75 Å². The Labute approximate surface area is 171 Å². The molecule has 0 amide bonds. The van der Waals surface area contributed by atoms with E-state index in [0.717, 1.165) is 29.8 Å². The van der Waals surface area contributed by atoms with Crippen LogP contribution in [-0.4, -0.2) is 22.5 Å². The van der Waals surface area contributed by atoms with Crippen molar-refractivity contribution in [2.45, 2.75) is 39.5 Å². The normalized spacial score (nSPS) is 10.6. The van der Waals surface area contributed by atoms with Crippen molar-refractivity contribution in [3.63, 3.8) is 0 Å². The molecule has 0 fully saturated rings. The lowest BCUT2D eigenvalue weighted by atomic mass is 10.1. The predicted octanol–water partition coefficient (Wildman–Crippen LogP) is 5.49. The molecule has 0 saturated heterocycles. The van der Waals surface area contributed by atoms with Crippen LogP contribution in [0.2, 0.25) is 0 Å². The monoisotopic (exact) mass is 390 g/mol. The summed E-state index contributed by atoms with van der Waals surface area (Å²) in [4.78, 5) is 20.9. The number of carbonyl (C=O) groups excluding carboxylic acids is 1. The van der Waals surface area contributed by atoms with Crippen LogP contribution in [-0.2, 0) is 6.42 Å². The highest BCUT2D eigenvalue weighted by atomic mass is 16.5. The molecule has 1 heterocycles. The van der Waals surface area contributed by atoms with Crippen molar-refractivity contribution >= 4 is 5.97 Å². The second-order valence-corrected chi connectivity index (χ2v) is 6.80. The lowest BCUT2D eigenvalue weighted by Crippen LogP contribution is -2.09. The van der Waals surface area contributed by atoms with Crippen molar-refractivity contribution in [2.75, 3.05) is 6.61 Å². The fraction of sp³-hybridized carbons (Fsp3) is 0.292. The average molecular weight is 390 g/mol. The Kier molecular flexibility index (Phi) is 7.34. The van der Waals surface area contributed by atoms with Crippen LogP contribution < -0.4 is 9.47 Å². The number of aryl methyl sites for hydroxylation is 1. The quantitative estimate of drug-likeness (QED) is 0.452. The fourth-order valence-electron chi connectivity index (χ4n) is 2.80. The van der Waals surface area contributed by atoms with Crippen molar-refractivity contribution in [3.05, 3.63) is 72.1 Å². The summed E-state index contributed by atoms with van der Waals surface area (Å²) in [5.41, 5.74) is 3.48. The molecule has 3 rings (SSSR count). The van der Waals surface area contributed by atoms with Gasteiger partial charge in [-0.2, -0.15) is 0 Å². The zero-order chi connectivity index (χ0) is 20.5. The van der Waals surface area contributed by atoms with Gasteiger partial charge in [0, 0.05) is 5.56 Å². The molecule has 0 radical (unpaired) electrons. The molecule has 0 aliphatic carbocycles. The number of hydrogen-bond donors (Lipinski definition) is 0. The smallest absolute Gasteiger partial charge is 0.344 e. The summed E-state index contributed by atoms with van der Waals surface area (Å²) in [6, 6.07) is 15.2. The molecule has 0 aliphatic heterocycles. The van der Waals surface area contributed by atoms with Gasteiger partial charge >= 0.3 is 5.97 Å². The van der Waals surface area contributed by atoms with Gasteiger partial charge in [0.05, 0.1) is 30.3 Å². The first kappa shape index (κ1) is 20.5. The van der Waals surface area contributed by atoms with E-state index in [1.54, 1.807) is 30.5 Å². The van der Waals surface area contributed by atoms with Gasteiger partial charge in [0.2, 0.25) is 5.88 Å². The molecule has 150 valence electrons. The minimum atomic E-state index is -0.477. The Morgan fingerprint density at radius 1 is 0.897 bits per heavy atom. The number of ether oxygens (including phenoxy) is 2. The number of carbonyl (C=O) groups is 1. The zero-order valence-electron chi connectivity index (χ0n) is 16.9. The molecular formula is C24H26N2O3. The van der Waals surface area contributed by atoms with Gasteiger partial charge in [-0.3, -0.25) is 0 Å². The Morgan fingerprint density at radius 3 is 2.28 bits per heavy atom. The number of esters is 1. The first-order chi connectivity index (χ1) is 14.2. The number of aromatic nitrogens is 2. The summed E-state index contributed by atoms with van der Waals surface area (Å²) >= 11 is 0. The van der Waals surface area contributed by atoms with E-state index in [1.807, 2.05) is 19.1 Å². The maximum Gasteiger partial charge on any atom is 0.344 e. The molecule has 5 nitrogen and oxygen atoms in total. The maximum absolute atomic E-state index is 12.3. The van der Waals surface area contributed by atoms with Crippen LogP contribution in [0.3, 0.4) is 0 Å². The molecule has 1 aromatic heterocycles. The van der Waals surface area contributed by atoms with E-state index in [2.05, 4.69) is 29.0 Å². The second kappa shape index (κ2) is 10.4. The third-order valence-electron chi connectivity index (χ3n) is 4.46. The van der Waals surface area contributed by atoms with Crippen LogP contribution in [0.1, 0.15) is 49.0 Å². The van der Waals surface area contributed by atoms with Crippen molar-refractivity contribution in [1.29, 1.82) is 0 Å². The van der Waals surface area contributed by atoms with E-state index in [1.165, 1.54) is 24.6 Å². The van der Waals surface area contributed by atoms with Crippen molar-refractivity contribution < 1.29 is 14.3 Å². The van der Waals surface area contributed by atoms with E-state index >= 15 is 0 Å². The lowest BCUT2D eigenvalue weighted by molar-refractivity contribution is 0.0727. The molecule has 0 saturated carbocycles. The summed E-state index contributed by atoms with van der Waals surface area (Å²) in [7, 11) is 0. The van der Waals surface area contributed by atoms with Crippen LogP contribution in [0.15, 0.2) is 60.9 Å². The standard InChI is InChI=1S/C24H26N2O3/c1-3-5-6-18-7-9-19(10-8-18)22-16-26-23(17-25-22)29-24(27)20-11-13-21(14-12-20)28-15-4-2/h7-14,16-17H,3-6,15H2,1-2H3. The Hall–Kier alpha value is -3.21. The van der Waals surface area contributed by atoms with Gasteiger partial charge in [0.15, 0.2) is 0 Å². The molecule has 2 aromatic carbocycles. The number of unbranched alkanes of at least 4 members (excludes halogenated alkanes) is 1. The Bertz CT molecular complexity index is 904. The summed E-state index contributed by atoms with van der Waals surface area (Å²) in [6.45, 7) is 4.88. The SMILES string of the molecule is CCCCc1ccc(-c2cnc(OC(=O)c3ccc(OCCC)cc3)cn2)cc1. The minimum Gasteiger partial charge on any atom is -0.494 e. The van der Waals surface area contributed by atoms with Gasteiger partial charge in [-0.25, -0.2) is 14.8 Å². The highest BCUT2D eigenvalue weighted by molar-refractivity contribution is 5.90. The molecule has 29 heavy (non-hydrogen) atoms. The molecule has 0 N–H and O–H groups in total. The molecule has 0 aliphatic rings. The van der Waals surface area contributed by atoms with Crippen LogP contribution in [0, 0.1) is 0 Å². The predicted molar refractivity (Wildman–Crippen MR) is 113 cm³/mol. The molecule has 0 spiro atoms. The largest absolute Gasteiger partial charge is 0.494 e. The van der Waals surface area contributed by atoms with E-state index < -0.39 is 5.97 Å². The number of hydrogen-bond acceptors (Lipinski definition) is 5. The summed E-state index contributed by atoms with van der Waals surface area (Å²) in [5, 5.41) is 0. The van der Waals surface area contributed by atoms with Gasteiger partial charge < -0.3 is 9.47 Å². The summed E-state index contributed by atoms with van der Waals surface area (Å²) < 4.78 is 10.8. The lowest BCUT2D eigenvalue weighted by Gasteiger charge is -2.07. The van der Waals surface area contributed by atoms with E-state index in [0.29, 0.717) is 12.2 Å². The van der Waals surface area contributed by atoms with Crippen LogP contribution >= 0.6 is 0 Å². The molecule has 0 atom stereocenters. The average Bonchev–Trinajstić information content (AvgIpc) is 2.77. The maximum atomic E-state index is 12.3. The van der Waals surface area contributed by atoms with Crippen LogP contribution in [0.5, 0.6) is 11.6 Å². The first-order valence-corrected chi connectivity index (χ1v) is 10.1. The fourth-order valence-corrected chi connectivity index (χ4v) is 2.80. The Balaban J connectivity index is 1.60. The van der Waals surface area contributed by atoms with Gasteiger partial charge in [-0.05, 0) is 49.1 Å². The summed E-state index contributed by atoms with van der Waals surface area (Å²) in [5.74, 6) is 0.423. The first-order valence-electron chi connectivity index (χ1n) is 10.1. The number of rotatable bonds is 9. The molecule has 0 unspecified atom stereocenters. The zero-order valence-corrected chi connectivity index (χ0v) is 16.9. The van der Waals surface area contributed by atoms with E-state index in [-0.39, 0.29) is 5.88 Å². The van der Waals surface area contributed by atoms with E-state index in [9.17, 15) is 4.79 Å². The van der Waals surface area contributed by atoms with Crippen LogP contribution in [0.4, 0.5) is 0 Å². The van der Waals surface area contributed by atoms with Gasteiger partial charge in [-0.15, -0.1) is 0 Å². The number of benzene rings is 2. The van der Waals surface area contributed by atoms with Crippen molar-refractivity contribution in [1.82, 2.24) is 9.97 Å². The molecule has 3 aromatic rings. The highest BCUT2D eigenvalue weighted by Crippen LogP contribution is 2.20. The summed E-state index contributed by atoms with van der Waals surface area (Å²) in [6.07, 6.45) is 7.48. The Morgan fingerprint density at radius 2 is 1.66 bits per heavy atom. The molecular weight excluding hydrogens is 364 g/mol. The van der Waals surface area contributed by atoms with Crippen molar-refractivity contribution in [3.8, 4) is 22.9 Å². The van der Waals surface area contributed by atoms with Crippen LogP contribution in [0.25, 0.3) is 11.3 Å². The molecule has 5 heteroatoms. The van der Waals surface area contributed by atoms with Gasteiger partial charge in [-0.1, -0.05) is 44.5 Å². The minimum absolute atomic E-state index is 0.171. The van der Waals surface area contributed by atoms with E-state index in [4.69, 9.17) is 9.47 Å². The second-order valence-electron chi connectivity index (χ2n) is 6.80. The number of nitrogens with zero attached hydrogens (tertiary/aromatic N) is 2. The topological polar surface area (TPSA) is 61.3 Å². The molecule has 0 bridgehead atoms. The third-order valence-corrected chi connectivity index (χ3v) is 4.46.